The largest absolute Gasteiger partial charge is 0.495 e. The molecule has 4 heteroatoms. The van der Waals surface area contributed by atoms with Gasteiger partial charge in [0.2, 0.25) is 5.91 Å². The van der Waals surface area contributed by atoms with Crippen LogP contribution in [0.2, 0.25) is 0 Å². The zero-order valence-electron chi connectivity index (χ0n) is 11.3. The van der Waals surface area contributed by atoms with E-state index in [9.17, 15) is 4.79 Å². The maximum atomic E-state index is 12.6. The van der Waals surface area contributed by atoms with E-state index < -0.39 is 0 Å². The Hall–Kier alpha value is -1.71. The van der Waals surface area contributed by atoms with Crippen LogP contribution in [0.25, 0.3) is 0 Å². The van der Waals surface area contributed by atoms with E-state index in [1.165, 1.54) is 6.42 Å². The van der Waals surface area contributed by atoms with Crippen LogP contribution in [0.4, 0.5) is 11.4 Å². The summed E-state index contributed by atoms with van der Waals surface area (Å²) in [5.41, 5.74) is 1.48. The molecule has 0 bridgehead atoms. The predicted molar refractivity (Wildman–Crippen MR) is 75.6 cm³/mol. The Morgan fingerprint density at radius 2 is 2.00 bits per heavy atom. The molecule has 2 N–H and O–H groups in total. The van der Waals surface area contributed by atoms with Gasteiger partial charge in [-0.15, -0.1) is 0 Å². The Labute approximate surface area is 113 Å². The summed E-state index contributed by atoms with van der Waals surface area (Å²) in [4.78, 5) is 12.6. The number of fused-ring (bicyclic) bond motifs is 1. The average molecular weight is 260 g/mol. The van der Waals surface area contributed by atoms with Crippen molar-refractivity contribution in [2.24, 2.45) is 5.41 Å². The van der Waals surface area contributed by atoms with Gasteiger partial charge in [0.05, 0.1) is 18.2 Å². The van der Waals surface area contributed by atoms with Crippen molar-refractivity contribution in [2.75, 3.05) is 24.3 Å². The lowest BCUT2D eigenvalue weighted by molar-refractivity contribution is -0.126. The standard InChI is InChI=1S/C15H20N2O2/c1-19-12-7-5-6-11-13(12)16-10-15(14(18)17-11)8-3-2-4-9-15/h5-7,16H,2-4,8-10H2,1H3,(H,17,18). The molecule has 1 aromatic rings. The maximum absolute atomic E-state index is 12.6. The molecule has 1 aliphatic carbocycles. The van der Waals surface area contributed by atoms with Crippen molar-refractivity contribution >= 4 is 17.3 Å². The number of ether oxygens (including phenoxy) is 1. The van der Waals surface area contributed by atoms with Gasteiger partial charge in [-0.05, 0) is 25.0 Å². The van der Waals surface area contributed by atoms with Gasteiger partial charge in [0.15, 0.2) is 0 Å². The molecule has 0 aromatic heterocycles. The SMILES string of the molecule is COc1cccc2c1NCC1(CCCCC1)C(=O)N2. The first kappa shape index (κ1) is 12.3. The Balaban J connectivity index is 1.94. The predicted octanol–water partition coefficient (Wildman–Crippen LogP) is 3.01. The van der Waals surface area contributed by atoms with Crippen LogP contribution in [0.5, 0.6) is 5.75 Å². The van der Waals surface area contributed by atoms with Gasteiger partial charge in [0.1, 0.15) is 11.4 Å². The number of anilines is 2. The Kier molecular flexibility index (Phi) is 3.09. The summed E-state index contributed by atoms with van der Waals surface area (Å²) in [6.07, 6.45) is 5.47. The van der Waals surface area contributed by atoms with Gasteiger partial charge in [0.25, 0.3) is 0 Å². The Morgan fingerprint density at radius 3 is 2.74 bits per heavy atom. The first-order valence-electron chi connectivity index (χ1n) is 6.97. The van der Waals surface area contributed by atoms with Gasteiger partial charge in [0, 0.05) is 6.54 Å². The van der Waals surface area contributed by atoms with E-state index in [0.717, 1.165) is 42.8 Å². The van der Waals surface area contributed by atoms with Crippen molar-refractivity contribution in [1.29, 1.82) is 0 Å². The first-order chi connectivity index (χ1) is 9.25. The second-order valence-corrected chi connectivity index (χ2v) is 5.53. The minimum atomic E-state index is -0.248. The van der Waals surface area contributed by atoms with E-state index in [1.54, 1.807) is 7.11 Å². The number of rotatable bonds is 1. The van der Waals surface area contributed by atoms with Crippen molar-refractivity contribution in [3.8, 4) is 5.75 Å². The van der Waals surface area contributed by atoms with E-state index in [0.29, 0.717) is 6.54 Å². The molecule has 3 rings (SSSR count). The summed E-state index contributed by atoms with van der Waals surface area (Å²) in [6.45, 7) is 0.701. The number of carbonyl (C=O) groups is 1. The van der Waals surface area contributed by atoms with E-state index in [1.807, 2.05) is 18.2 Å². The van der Waals surface area contributed by atoms with Crippen LogP contribution >= 0.6 is 0 Å². The summed E-state index contributed by atoms with van der Waals surface area (Å²) in [5, 5.41) is 6.50. The Morgan fingerprint density at radius 1 is 1.21 bits per heavy atom. The average Bonchev–Trinajstić information content (AvgIpc) is 2.58. The molecule has 1 aromatic carbocycles. The highest BCUT2D eigenvalue weighted by Crippen LogP contribution is 2.42. The molecular weight excluding hydrogens is 240 g/mol. The highest BCUT2D eigenvalue weighted by Gasteiger charge is 2.41. The minimum absolute atomic E-state index is 0.159. The molecule has 1 saturated carbocycles. The van der Waals surface area contributed by atoms with Gasteiger partial charge < -0.3 is 15.4 Å². The quantitative estimate of drug-likeness (QED) is 0.816. The van der Waals surface area contributed by atoms with Crippen molar-refractivity contribution in [1.82, 2.24) is 0 Å². The number of benzene rings is 1. The molecule has 1 spiro atoms. The fraction of sp³-hybridized carbons (Fsp3) is 0.533. The van der Waals surface area contributed by atoms with Crippen LogP contribution in [0.15, 0.2) is 18.2 Å². The smallest absolute Gasteiger partial charge is 0.232 e. The summed E-state index contributed by atoms with van der Waals surface area (Å²) in [5.74, 6) is 0.942. The molecule has 0 radical (unpaired) electrons. The maximum Gasteiger partial charge on any atom is 0.232 e. The van der Waals surface area contributed by atoms with Crippen molar-refractivity contribution in [3.63, 3.8) is 0 Å². The minimum Gasteiger partial charge on any atom is -0.495 e. The zero-order chi connectivity index (χ0) is 13.3. The molecule has 102 valence electrons. The lowest BCUT2D eigenvalue weighted by Gasteiger charge is -2.34. The number of hydrogen-bond acceptors (Lipinski definition) is 3. The number of carbonyl (C=O) groups excluding carboxylic acids is 1. The molecule has 0 saturated heterocycles. The van der Waals surface area contributed by atoms with Gasteiger partial charge in [-0.2, -0.15) is 0 Å². The number of hydrogen-bond donors (Lipinski definition) is 2. The third kappa shape index (κ3) is 2.05. The second-order valence-electron chi connectivity index (χ2n) is 5.53. The molecular formula is C15H20N2O2. The van der Waals surface area contributed by atoms with Crippen LogP contribution in [0.3, 0.4) is 0 Å². The lowest BCUT2D eigenvalue weighted by atomic mass is 9.73. The third-order valence-electron chi connectivity index (χ3n) is 4.39. The molecule has 0 atom stereocenters. The highest BCUT2D eigenvalue weighted by molar-refractivity contribution is 6.00. The monoisotopic (exact) mass is 260 g/mol. The second kappa shape index (κ2) is 4.76. The van der Waals surface area contributed by atoms with Gasteiger partial charge in [-0.25, -0.2) is 0 Å². The number of amides is 1. The van der Waals surface area contributed by atoms with Gasteiger partial charge in [-0.1, -0.05) is 25.3 Å². The van der Waals surface area contributed by atoms with Crippen LogP contribution in [-0.4, -0.2) is 19.6 Å². The molecule has 1 fully saturated rings. The normalized spacial score (nSPS) is 21.0. The van der Waals surface area contributed by atoms with Gasteiger partial charge >= 0.3 is 0 Å². The van der Waals surface area contributed by atoms with Crippen molar-refractivity contribution in [2.45, 2.75) is 32.1 Å². The molecule has 0 unspecified atom stereocenters. The van der Waals surface area contributed by atoms with Crippen LogP contribution in [0.1, 0.15) is 32.1 Å². The van der Waals surface area contributed by atoms with Gasteiger partial charge in [-0.3, -0.25) is 4.79 Å². The Bertz CT molecular complexity index is 493. The third-order valence-corrected chi connectivity index (χ3v) is 4.39. The molecule has 1 aliphatic heterocycles. The topological polar surface area (TPSA) is 50.4 Å². The number of para-hydroxylation sites is 1. The van der Waals surface area contributed by atoms with E-state index in [2.05, 4.69) is 10.6 Å². The first-order valence-corrected chi connectivity index (χ1v) is 6.97. The fourth-order valence-electron chi connectivity index (χ4n) is 3.21. The van der Waals surface area contributed by atoms with Crippen LogP contribution in [0, 0.1) is 5.41 Å². The summed E-state index contributed by atoms with van der Waals surface area (Å²) in [7, 11) is 1.65. The number of nitrogens with one attached hydrogen (secondary N) is 2. The molecule has 1 heterocycles. The molecule has 19 heavy (non-hydrogen) atoms. The van der Waals surface area contributed by atoms with Crippen LogP contribution < -0.4 is 15.4 Å². The lowest BCUT2D eigenvalue weighted by Crippen LogP contribution is -2.41. The molecule has 1 amide bonds. The summed E-state index contributed by atoms with van der Waals surface area (Å²) >= 11 is 0. The molecule has 2 aliphatic rings. The molecule has 4 nitrogen and oxygen atoms in total. The van der Waals surface area contributed by atoms with Crippen LogP contribution in [-0.2, 0) is 4.79 Å². The van der Waals surface area contributed by atoms with Crippen molar-refractivity contribution in [3.05, 3.63) is 18.2 Å². The number of methoxy groups -OCH3 is 1. The van der Waals surface area contributed by atoms with Crippen molar-refractivity contribution < 1.29 is 9.53 Å². The fourth-order valence-corrected chi connectivity index (χ4v) is 3.21. The van der Waals surface area contributed by atoms with E-state index in [-0.39, 0.29) is 11.3 Å². The van der Waals surface area contributed by atoms with E-state index >= 15 is 0 Å². The highest BCUT2D eigenvalue weighted by atomic mass is 16.5. The summed E-state index contributed by atoms with van der Waals surface area (Å²) in [6, 6.07) is 5.74. The summed E-state index contributed by atoms with van der Waals surface area (Å²) < 4.78 is 5.37. The van der Waals surface area contributed by atoms with E-state index in [4.69, 9.17) is 4.74 Å². The zero-order valence-corrected chi connectivity index (χ0v) is 11.3.